The van der Waals surface area contributed by atoms with Gasteiger partial charge in [-0.1, -0.05) is 36.4 Å². The first kappa shape index (κ1) is 12.9. The van der Waals surface area contributed by atoms with Gasteiger partial charge < -0.3 is 15.6 Å². The molecular formula is C15H19NO2. The lowest BCUT2D eigenvalue weighted by Gasteiger charge is -2.17. The zero-order valence-corrected chi connectivity index (χ0v) is 10.8. The van der Waals surface area contributed by atoms with Gasteiger partial charge in [-0.25, -0.2) is 0 Å². The summed E-state index contributed by atoms with van der Waals surface area (Å²) < 4.78 is 5.74. The number of rotatable bonds is 4. The molecule has 2 rings (SSSR count). The van der Waals surface area contributed by atoms with Gasteiger partial charge in [0.05, 0.1) is 6.10 Å². The van der Waals surface area contributed by atoms with Crippen molar-refractivity contribution in [1.29, 1.82) is 0 Å². The molecule has 0 fully saturated rings. The van der Waals surface area contributed by atoms with Crippen LogP contribution in [-0.2, 0) is 0 Å². The van der Waals surface area contributed by atoms with Gasteiger partial charge in [0.25, 0.3) is 0 Å². The largest absolute Gasteiger partial charge is 0.490 e. The Morgan fingerprint density at radius 3 is 2.56 bits per heavy atom. The minimum absolute atomic E-state index is 0.0985. The van der Waals surface area contributed by atoms with E-state index in [0.717, 1.165) is 22.1 Å². The second kappa shape index (κ2) is 5.38. The lowest BCUT2D eigenvalue weighted by Crippen LogP contribution is -2.15. The van der Waals surface area contributed by atoms with Crippen LogP contribution in [0.2, 0.25) is 0 Å². The molecule has 3 heteroatoms. The second-order valence-corrected chi connectivity index (χ2v) is 4.65. The van der Waals surface area contributed by atoms with E-state index in [4.69, 9.17) is 10.5 Å². The maximum atomic E-state index is 9.36. The van der Waals surface area contributed by atoms with Gasteiger partial charge in [-0.05, 0) is 19.2 Å². The molecule has 2 atom stereocenters. The van der Waals surface area contributed by atoms with Crippen LogP contribution in [0.1, 0.15) is 25.5 Å². The Hall–Kier alpha value is -1.58. The van der Waals surface area contributed by atoms with Crippen LogP contribution >= 0.6 is 0 Å². The zero-order valence-electron chi connectivity index (χ0n) is 10.8. The van der Waals surface area contributed by atoms with E-state index in [9.17, 15) is 5.11 Å². The molecule has 0 heterocycles. The summed E-state index contributed by atoms with van der Waals surface area (Å²) in [7, 11) is 0. The smallest absolute Gasteiger partial charge is 0.132 e. The van der Waals surface area contributed by atoms with Crippen LogP contribution < -0.4 is 10.5 Å². The van der Waals surface area contributed by atoms with Gasteiger partial charge in [-0.15, -0.1) is 0 Å². The van der Waals surface area contributed by atoms with Gasteiger partial charge >= 0.3 is 0 Å². The summed E-state index contributed by atoms with van der Waals surface area (Å²) in [6, 6.07) is 12.0. The summed E-state index contributed by atoms with van der Waals surface area (Å²) in [5, 5.41) is 11.5. The molecule has 3 N–H and O–H groups in total. The molecule has 96 valence electrons. The highest BCUT2D eigenvalue weighted by Crippen LogP contribution is 2.32. The van der Waals surface area contributed by atoms with Gasteiger partial charge in [0.1, 0.15) is 12.4 Å². The van der Waals surface area contributed by atoms with E-state index < -0.39 is 6.10 Å². The maximum absolute atomic E-state index is 9.36. The molecule has 3 nitrogen and oxygen atoms in total. The third kappa shape index (κ3) is 2.63. The van der Waals surface area contributed by atoms with E-state index >= 15 is 0 Å². The Morgan fingerprint density at radius 1 is 1.17 bits per heavy atom. The maximum Gasteiger partial charge on any atom is 0.132 e. The summed E-state index contributed by atoms with van der Waals surface area (Å²) in [5.41, 5.74) is 6.94. The number of benzene rings is 2. The minimum Gasteiger partial charge on any atom is -0.490 e. The summed E-state index contributed by atoms with van der Waals surface area (Å²) in [6.07, 6.45) is -0.495. The number of hydrogen-bond donors (Lipinski definition) is 2. The van der Waals surface area contributed by atoms with Crippen LogP contribution in [0.15, 0.2) is 36.4 Å². The number of hydrogen-bond acceptors (Lipinski definition) is 3. The lowest BCUT2D eigenvalue weighted by atomic mass is 10.0. The van der Waals surface area contributed by atoms with Gasteiger partial charge in [0, 0.05) is 17.0 Å². The first-order chi connectivity index (χ1) is 8.59. The van der Waals surface area contributed by atoms with Crippen LogP contribution in [0.25, 0.3) is 10.8 Å². The molecule has 0 aromatic heterocycles. The number of fused-ring (bicyclic) bond motifs is 1. The average Bonchev–Trinajstić information content (AvgIpc) is 2.35. The molecule has 0 aliphatic carbocycles. The molecule has 0 bridgehead atoms. The Labute approximate surface area is 107 Å². The fourth-order valence-electron chi connectivity index (χ4n) is 1.98. The number of nitrogens with two attached hydrogens (primary N) is 1. The Kier molecular flexibility index (Phi) is 3.84. The van der Waals surface area contributed by atoms with Gasteiger partial charge in [0.2, 0.25) is 0 Å². The Balaban J connectivity index is 2.52. The van der Waals surface area contributed by atoms with Crippen molar-refractivity contribution in [2.45, 2.75) is 26.0 Å². The minimum atomic E-state index is -0.495. The highest BCUT2D eigenvalue weighted by Gasteiger charge is 2.12. The van der Waals surface area contributed by atoms with Crippen LogP contribution in [0.5, 0.6) is 5.75 Å². The van der Waals surface area contributed by atoms with E-state index in [1.165, 1.54) is 0 Å². The van der Waals surface area contributed by atoms with E-state index in [-0.39, 0.29) is 12.6 Å². The second-order valence-electron chi connectivity index (χ2n) is 4.65. The highest BCUT2D eigenvalue weighted by atomic mass is 16.5. The fraction of sp³-hybridized carbons (Fsp3) is 0.333. The van der Waals surface area contributed by atoms with E-state index in [1.807, 2.05) is 43.3 Å². The molecule has 2 aromatic carbocycles. The molecular weight excluding hydrogens is 226 g/mol. The van der Waals surface area contributed by atoms with Gasteiger partial charge in [0.15, 0.2) is 0 Å². The van der Waals surface area contributed by atoms with Crippen molar-refractivity contribution in [2.75, 3.05) is 6.61 Å². The summed E-state index contributed by atoms with van der Waals surface area (Å²) in [6.45, 7) is 3.91. The molecule has 2 aromatic rings. The van der Waals surface area contributed by atoms with E-state index in [2.05, 4.69) is 0 Å². The van der Waals surface area contributed by atoms with Crippen molar-refractivity contribution in [3.63, 3.8) is 0 Å². The van der Waals surface area contributed by atoms with Gasteiger partial charge in [-0.3, -0.25) is 0 Å². The standard InChI is InChI=1S/C15H19NO2/c1-10(17)9-18-15-13(11(2)16)8-7-12-5-3-4-6-14(12)15/h3-8,10-11,17H,9,16H2,1-2H3/t10?,11-/m0/s1. The first-order valence-corrected chi connectivity index (χ1v) is 6.17. The van der Waals surface area contributed by atoms with Crippen molar-refractivity contribution < 1.29 is 9.84 Å². The summed E-state index contributed by atoms with van der Waals surface area (Å²) in [4.78, 5) is 0. The number of aliphatic hydroxyl groups is 1. The molecule has 0 radical (unpaired) electrons. The molecule has 0 aliphatic rings. The predicted octanol–water partition coefficient (Wildman–Crippen LogP) is 2.62. The molecule has 0 aliphatic heterocycles. The van der Waals surface area contributed by atoms with Crippen LogP contribution in [0, 0.1) is 0 Å². The topological polar surface area (TPSA) is 55.5 Å². The molecule has 0 saturated carbocycles. The monoisotopic (exact) mass is 245 g/mol. The van der Waals surface area contributed by atoms with Crippen molar-refractivity contribution in [1.82, 2.24) is 0 Å². The average molecular weight is 245 g/mol. The summed E-state index contributed by atoms with van der Waals surface area (Å²) >= 11 is 0. The molecule has 0 saturated heterocycles. The summed E-state index contributed by atoms with van der Waals surface area (Å²) in [5.74, 6) is 0.781. The van der Waals surface area contributed by atoms with Crippen LogP contribution in [0.3, 0.4) is 0 Å². The van der Waals surface area contributed by atoms with Gasteiger partial charge in [-0.2, -0.15) is 0 Å². The van der Waals surface area contributed by atoms with Crippen molar-refractivity contribution in [3.8, 4) is 5.75 Å². The van der Waals surface area contributed by atoms with Crippen molar-refractivity contribution in [3.05, 3.63) is 42.0 Å². The van der Waals surface area contributed by atoms with Crippen LogP contribution in [0.4, 0.5) is 0 Å². The van der Waals surface area contributed by atoms with Crippen molar-refractivity contribution >= 4 is 10.8 Å². The van der Waals surface area contributed by atoms with Crippen molar-refractivity contribution in [2.24, 2.45) is 5.73 Å². The fourth-order valence-corrected chi connectivity index (χ4v) is 1.98. The highest BCUT2D eigenvalue weighted by molar-refractivity contribution is 5.89. The SMILES string of the molecule is CC(O)COc1c([C@H](C)N)ccc2ccccc12. The lowest BCUT2D eigenvalue weighted by molar-refractivity contribution is 0.123. The normalized spacial score (nSPS) is 14.4. The third-order valence-corrected chi connectivity index (χ3v) is 2.87. The molecule has 0 amide bonds. The quantitative estimate of drug-likeness (QED) is 0.870. The molecule has 18 heavy (non-hydrogen) atoms. The molecule has 0 spiro atoms. The van der Waals surface area contributed by atoms with E-state index in [1.54, 1.807) is 6.92 Å². The Morgan fingerprint density at radius 2 is 1.89 bits per heavy atom. The zero-order chi connectivity index (χ0) is 13.1. The predicted molar refractivity (Wildman–Crippen MR) is 73.7 cm³/mol. The number of aliphatic hydroxyl groups excluding tert-OH is 1. The third-order valence-electron chi connectivity index (χ3n) is 2.87. The number of ether oxygens (including phenoxy) is 1. The Bertz CT molecular complexity index is 535. The molecule has 1 unspecified atom stereocenters. The van der Waals surface area contributed by atoms with Crippen LogP contribution in [-0.4, -0.2) is 17.8 Å². The first-order valence-electron chi connectivity index (χ1n) is 6.17. The van der Waals surface area contributed by atoms with E-state index in [0.29, 0.717) is 0 Å².